The molecule has 0 aliphatic rings. The highest BCUT2D eigenvalue weighted by atomic mass is 127. The van der Waals surface area contributed by atoms with E-state index in [1.807, 2.05) is 12.1 Å². The fraction of sp³-hybridized carbons (Fsp3) is 0.100. The zero-order valence-electron chi connectivity index (χ0n) is 7.00. The van der Waals surface area contributed by atoms with Crippen molar-refractivity contribution in [2.24, 2.45) is 0 Å². The van der Waals surface area contributed by atoms with E-state index in [9.17, 15) is 4.79 Å². The van der Waals surface area contributed by atoms with Crippen molar-refractivity contribution in [1.82, 2.24) is 0 Å². The number of halogens is 1. The number of Topliss-reactive ketones (excluding diaryl/α,β-unsaturated/α-hetero) is 1. The molecule has 0 N–H and O–H groups in total. The van der Waals surface area contributed by atoms with Crippen molar-refractivity contribution < 1.29 is 4.79 Å². The summed E-state index contributed by atoms with van der Waals surface area (Å²) in [6.45, 7) is 1.56. The minimum atomic E-state index is 0.0859. The van der Waals surface area contributed by atoms with E-state index in [1.54, 1.807) is 19.1 Å². The molecule has 0 fully saturated rings. The van der Waals surface area contributed by atoms with Crippen LogP contribution in [0.5, 0.6) is 0 Å². The van der Waals surface area contributed by atoms with Gasteiger partial charge in [0.2, 0.25) is 0 Å². The molecule has 0 spiro atoms. The Labute approximate surface area is 93.9 Å². The molecule has 66 valence electrons. The summed E-state index contributed by atoms with van der Waals surface area (Å²) in [5.41, 5.74) is 1.67. The zero-order chi connectivity index (χ0) is 9.68. The first-order valence-electron chi connectivity index (χ1n) is 3.63. The second-order valence-electron chi connectivity index (χ2n) is 2.44. The molecule has 0 unspecified atom stereocenters. The molecule has 1 nitrogen and oxygen atoms in total. The maximum Gasteiger partial charge on any atom is 0.159 e. The third-order valence-corrected chi connectivity index (χ3v) is 2.37. The van der Waals surface area contributed by atoms with Gasteiger partial charge in [0.05, 0.1) is 0 Å². The molecule has 0 aliphatic carbocycles. The molecule has 0 radical (unpaired) electrons. The second kappa shape index (κ2) is 5.30. The minimum absolute atomic E-state index is 0.0859. The van der Waals surface area contributed by atoms with Crippen molar-refractivity contribution >= 4 is 35.9 Å². The van der Waals surface area contributed by atoms with Gasteiger partial charge in [0.15, 0.2) is 5.78 Å². The molecule has 1 aromatic carbocycles. The highest BCUT2D eigenvalue weighted by Crippen LogP contribution is 2.09. The van der Waals surface area contributed by atoms with Gasteiger partial charge in [-0.15, -0.1) is 0 Å². The monoisotopic (exact) mass is 302 g/mol. The van der Waals surface area contributed by atoms with Crippen molar-refractivity contribution in [3.8, 4) is 11.2 Å². The topological polar surface area (TPSA) is 17.1 Å². The highest BCUT2D eigenvalue weighted by molar-refractivity contribution is 14.2. The quantitative estimate of drug-likeness (QED) is 0.450. The van der Waals surface area contributed by atoms with Crippen LogP contribution in [0.3, 0.4) is 0 Å². The summed E-state index contributed by atoms with van der Waals surface area (Å²) in [6.07, 6.45) is 0. The number of ketones is 1. The van der Waals surface area contributed by atoms with Gasteiger partial charge in [-0.25, -0.2) is 0 Å². The van der Waals surface area contributed by atoms with Crippen LogP contribution in [-0.2, 0) is 0 Å². The van der Waals surface area contributed by atoms with Gasteiger partial charge in [0.25, 0.3) is 0 Å². The van der Waals surface area contributed by atoms with Crippen LogP contribution in [0, 0.1) is 11.2 Å². The molecule has 0 saturated carbocycles. The Bertz CT molecular complexity index is 359. The van der Waals surface area contributed by atoms with E-state index < -0.39 is 0 Å². The van der Waals surface area contributed by atoms with E-state index in [4.69, 9.17) is 0 Å². The lowest BCUT2D eigenvalue weighted by molar-refractivity contribution is 0.101. The molecular weight excluding hydrogens is 295 g/mol. The summed E-state index contributed by atoms with van der Waals surface area (Å²) in [7, 11) is 1.45. The second-order valence-corrected chi connectivity index (χ2v) is 4.12. The van der Waals surface area contributed by atoms with Gasteiger partial charge < -0.3 is 0 Å². The van der Waals surface area contributed by atoms with Crippen molar-refractivity contribution in [2.75, 3.05) is 0 Å². The van der Waals surface area contributed by atoms with Gasteiger partial charge >= 0.3 is 0 Å². The maximum atomic E-state index is 10.9. The van der Waals surface area contributed by atoms with Crippen molar-refractivity contribution in [3.63, 3.8) is 0 Å². The molecule has 0 saturated heterocycles. The lowest BCUT2D eigenvalue weighted by Gasteiger charge is -1.93. The smallest absolute Gasteiger partial charge is 0.159 e. The molecule has 0 atom stereocenters. The van der Waals surface area contributed by atoms with E-state index in [0.29, 0.717) is 0 Å². The normalized spacial score (nSPS) is 8.77. The fourth-order valence-electron chi connectivity index (χ4n) is 0.866. The van der Waals surface area contributed by atoms with E-state index >= 15 is 0 Å². The molecule has 0 aromatic heterocycles. The van der Waals surface area contributed by atoms with Gasteiger partial charge in [0, 0.05) is 32.3 Å². The largest absolute Gasteiger partial charge is 0.295 e. The van der Waals surface area contributed by atoms with E-state index in [-0.39, 0.29) is 5.78 Å². The first-order valence-corrected chi connectivity index (χ1v) is 6.99. The van der Waals surface area contributed by atoms with Crippen LogP contribution in [0.15, 0.2) is 24.3 Å². The van der Waals surface area contributed by atoms with Crippen LogP contribution in [0.2, 0.25) is 0 Å². The molecule has 1 rings (SSSR count). The summed E-state index contributed by atoms with van der Waals surface area (Å²) in [6, 6.07) is 7.31. The van der Waals surface area contributed by atoms with Gasteiger partial charge in [-0.05, 0) is 33.2 Å². The van der Waals surface area contributed by atoms with E-state index in [2.05, 4.69) is 32.4 Å². The molecule has 1 aromatic rings. The van der Waals surface area contributed by atoms with Crippen molar-refractivity contribution in [2.45, 2.75) is 6.92 Å². The average Bonchev–Trinajstić information content (AvgIpc) is 2.15. The lowest BCUT2D eigenvalue weighted by Crippen LogP contribution is -1.90. The molecule has 0 aliphatic heterocycles. The van der Waals surface area contributed by atoms with Crippen LogP contribution in [0.1, 0.15) is 22.8 Å². The first-order chi connectivity index (χ1) is 6.24. The summed E-state index contributed by atoms with van der Waals surface area (Å²) >= 11 is 2.12. The Morgan fingerprint density at radius 1 is 1.38 bits per heavy atom. The molecule has 0 amide bonds. The standard InChI is InChI=1S/C10H7IOS/c1-8(12)10-4-2-9(3-5-10)6-7-13-11/h2-5H,1H3. The number of benzene rings is 1. The molecule has 3 heteroatoms. The predicted molar refractivity (Wildman–Crippen MR) is 64.9 cm³/mol. The molecule has 13 heavy (non-hydrogen) atoms. The third kappa shape index (κ3) is 3.41. The Hall–Kier alpha value is -0.470. The van der Waals surface area contributed by atoms with Gasteiger partial charge in [-0.1, -0.05) is 18.1 Å². The molecule has 0 heterocycles. The average molecular weight is 302 g/mol. The summed E-state index contributed by atoms with van der Waals surface area (Å²) in [5, 5.41) is 2.88. The number of hydrogen-bond acceptors (Lipinski definition) is 2. The van der Waals surface area contributed by atoms with Crippen LogP contribution < -0.4 is 0 Å². The Balaban J connectivity index is 2.87. The van der Waals surface area contributed by atoms with Crippen LogP contribution in [0.4, 0.5) is 0 Å². The Morgan fingerprint density at radius 3 is 2.46 bits per heavy atom. The number of carbonyl (C=O) groups excluding carboxylic acids is 1. The highest BCUT2D eigenvalue weighted by Gasteiger charge is 1.96. The fourth-order valence-corrected chi connectivity index (χ4v) is 1.35. The summed E-state index contributed by atoms with van der Waals surface area (Å²) < 4.78 is 0. The first kappa shape index (κ1) is 10.6. The van der Waals surface area contributed by atoms with Crippen molar-refractivity contribution in [1.29, 1.82) is 0 Å². The predicted octanol–water partition coefficient (Wildman–Crippen LogP) is 3.28. The zero-order valence-corrected chi connectivity index (χ0v) is 9.98. The molecule has 0 bridgehead atoms. The number of rotatable bonds is 1. The van der Waals surface area contributed by atoms with Crippen molar-refractivity contribution in [3.05, 3.63) is 35.4 Å². The maximum absolute atomic E-state index is 10.9. The number of carbonyl (C=O) groups is 1. The third-order valence-electron chi connectivity index (χ3n) is 1.53. The van der Waals surface area contributed by atoms with Gasteiger partial charge in [-0.2, -0.15) is 0 Å². The van der Waals surface area contributed by atoms with Crippen LogP contribution >= 0.6 is 30.1 Å². The van der Waals surface area contributed by atoms with E-state index in [0.717, 1.165) is 11.1 Å². The Morgan fingerprint density at radius 2 is 2.00 bits per heavy atom. The van der Waals surface area contributed by atoms with Crippen LogP contribution in [-0.4, -0.2) is 5.78 Å². The Kier molecular flexibility index (Phi) is 4.33. The lowest BCUT2D eigenvalue weighted by atomic mass is 10.1. The summed E-state index contributed by atoms with van der Waals surface area (Å²) in [4.78, 5) is 10.9. The minimum Gasteiger partial charge on any atom is -0.295 e. The van der Waals surface area contributed by atoms with Gasteiger partial charge in [0.1, 0.15) is 0 Å². The van der Waals surface area contributed by atoms with Gasteiger partial charge in [-0.3, -0.25) is 4.79 Å². The number of hydrogen-bond donors (Lipinski definition) is 0. The van der Waals surface area contributed by atoms with Crippen LogP contribution in [0.25, 0.3) is 0 Å². The van der Waals surface area contributed by atoms with E-state index in [1.165, 1.54) is 8.93 Å². The summed E-state index contributed by atoms with van der Waals surface area (Å²) in [5.74, 6) is 3.04. The SMILES string of the molecule is CC(=O)c1ccc(C#CSI)cc1. The molecular formula is C10H7IOS.